The Labute approximate surface area is 366 Å². The van der Waals surface area contributed by atoms with Gasteiger partial charge in [0, 0.05) is 18.1 Å². The maximum absolute atomic E-state index is 12.6. The van der Waals surface area contributed by atoms with Crippen LogP contribution in [0.5, 0.6) is 0 Å². The summed E-state index contributed by atoms with van der Waals surface area (Å²) in [6.45, 7) is 29.8. The molecule has 0 aromatic heterocycles. The lowest BCUT2D eigenvalue weighted by Crippen LogP contribution is -2.27. The fourth-order valence-corrected chi connectivity index (χ4v) is 5.99. The van der Waals surface area contributed by atoms with E-state index in [2.05, 4.69) is 72.7 Å². The van der Waals surface area contributed by atoms with Gasteiger partial charge < -0.3 is 14.2 Å². The van der Waals surface area contributed by atoms with E-state index < -0.39 is 23.3 Å². The first kappa shape index (κ1) is 55.4. The van der Waals surface area contributed by atoms with Gasteiger partial charge in [0.2, 0.25) is 0 Å². The maximum atomic E-state index is 12.6. The molecule has 8 heteroatoms. The van der Waals surface area contributed by atoms with Crippen molar-refractivity contribution in [3.63, 3.8) is 0 Å². The highest BCUT2D eigenvalue weighted by atomic mass is 19.2. The smallest absolute Gasteiger partial charge is 0.161 e. The lowest BCUT2D eigenvalue weighted by molar-refractivity contribution is -0.187. The van der Waals surface area contributed by atoms with E-state index in [1.807, 2.05) is 19.9 Å². The minimum Gasteiger partial charge on any atom is -0.378 e. The number of aryl methyl sites for hydroxylation is 7. The Morgan fingerprint density at radius 1 is 0.377 bits per heavy atom. The second-order valence-electron chi connectivity index (χ2n) is 17.6. The summed E-state index contributed by atoms with van der Waals surface area (Å²) >= 11 is 0. The number of benzene rings is 4. The van der Waals surface area contributed by atoms with Gasteiger partial charge in [0.05, 0.1) is 19.3 Å². The van der Waals surface area contributed by atoms with Crippen molar-refractivity contribution in [3.8, 4) is 0 Å². The first-order chi connectivity index (χ1) is 28.6. The third kappa shape index (κ3) is 24.6. The molecule has 2 unspecified atom stereocenters. The highest BCUT2D eigenvalue weighted by molar-refractivity contribution is 5.25. The van der Waals surface area contributed by atoms with Crippen LogP contribution in [0, 0.1) is 108 Å². The van der Waals surface area contributed by atoms with Crippen LogP contribution < -0.4 is 0 Å². The van der Waals surface area contributed by atoms with E-state index in [0.29, 0.717) is 34.3 Å². The average Bonchev–Trinajstić information content (AvgIpc) is 3.22. The van der Waals surface area contributed by atoms with Crippen molar-refractivity contribution < 1.29 is 36.2 Å². The molecule has 7 rings (SSSR count). The largest absolute Gasteiger partial charge is 0.378 e. The van der Waals surface area contributed by atoms with Crippen molar-refractivity contribution in [2.24, 2.45) is 23.7 Å². The van der Waals surface area contributed by atoms with Crippen LogP contribution in [0.4, 0.5) is 22.0 Å². The van der Waals surface area contributed by atoms with E-state index in [9.17, 15) is 22.0 Å². The van der Waals surface area contributed by atoms with Crippen LogP contribution in [-0.4, -0.2) is 32.2 Å². The molecule has 1 aliphatic carbocycles. The van der Waals surface area contributed by atoms with Crippen LogP contribution in [0.25, 0.3) is 0 Å². The summed E-state index contributed by atoms with van der Waals surface area (Å²) in [5.41, 5.74) is 5.74. The molecule has 3 nitrogen and oxygen atoms in total. The van der Waals surface area contributed by atoms with Crippen molar-refractivity contribution in [2.75, 3.05) is 19.8 Å². The second kappa shape index (κ2) is 29.7. The Morgan fingerprint density at radius 3 is 1.08 bits per heavy atom. The van der Waals surface area contributed by atoms with Gasteiger partial charge in [0.15, 0.2) is 17.9 Å². The Bertz CT molecular complexity index is 1640. The number of hydrogen-bond donors (Lipinski definition) is 0. The quantitative estimate of drug-likeness (QED) is 0.165. The lowest BCUT2D eigenvalue weighted by atomic mass is 9.84. The molecule has 2 atom stereocenters. The standard InChI is InChI=1S/2C8H8F2.C8H9F.C8H16.C8H10.C7H14O.C6H12O2/c1-5-3-7(9)6(2)8(10)4-5;1-5-3-4-6(2)8(10)7(5)9;1-6-3-4-7(2)8(9)5-6;2*1-7-3-5-8(2)6-4-7;1-6-3-4-7(2)8-5-6;1-5-3-7-6(2)8-4-5/h2*3-4H,1-2H3;3-5H,1-2H3;7-8H,3-6H2,1-2H3;3-6H,1-2H3;6-7H,3-5H2,1-2H3;5-6H,3-4H2,1-2H3. The second-order valence-corrected chi connectivity index (χ2v) is 17.6. The zero-order valence-electron chi connectivity index (χ0n) is 39.8. The average molecular weight is 857 g/mol. The van der Waals surface area contributed by atoms with Gasteiger partial charge in [0.1, 0.15) is 17.5 Å². The van der Waals surface area contributed by atoms with E-state index in [1.54, 1.807) is 32.0 Å². The van der Waals surface area contributed by atoms with Gasteiger partial charge in [0.25, 0.3) is 0 Å². The minimum absolute atomic E-state index is 0.0196. The number of ether oxygens (including phenoxy) is 3. The number of hydrogen-bond acceptors (Lipinski definition) is 3. The van der Waals surface area contributed by atoms with Crippen molar-refractivity contribution >= 4 is 0 Å². The molecule has 2 heterocycles. The van der Waals surface area contributed by atoms with E-state index in [0.717, 1.165) is 43.1 Å². The van der Waals surface area contributed by atoms with Gasteiger partial charge in [-0.2, -0.15) is 0 Å². The Balaban J connectivity index is 0.000000357. The number of halogens is 5. The molecule has 342 valence electrons. The van der Waals surface area contributed by atoms with E-state index in [-0.39, 0.29) is 17.7 Å². The third-order valence-electron chi connectivity index (χ3n) is 10.7. The summed E-state index contributed by atoms with van der Waals surface area (Å²) in [5, 5.41) is 0. The van der Waals surface area contributed by atoms with E-state index in [1.165, 1.54) is 88.6 Å². The fourth-order valence-electron chi connectivity index (χ4n) is 5.99. The lowest BCUT2D eigenvalue weighted by Gasteiger charge is -2.24. The molecule has 61 heavy (non-hydrogen) atoms. The minimum atomic E-state index is -0.736. The summed E-state index contributed by atoms with van der Waals surface area (Å²) in [4.78, 5) is 0. The molecular formula is C53H77F5O3. The van der Waals surface area contributed by atoms with E-state index in [4.69, 9.17) is 14.2 Å². The fraction of sp³-hybridized carbons (Fsp3) is 0.547. The summed E-state index contributed by atoms with van der Waals surface area (Å²) in [6, 6.07) is 19.5. The van der Waals surface area contributed by atoms with Gasteiger partial charge >= 0.3 is 0 Å². The summed E-state index contributed by atoms with van der Waals surface area (Å²) in [5.74, 6) is 0.875. The van der Waals surface area contributed by atoms with E-state index >= 15 is 0 Å². The third-order valence-corrected chi connectivity index (χ3v) is 10.7. The zero-order chi connectivity index (χ0) is 46.2. The van der Waals surface area contributed by atoms with Crippen molar-refractivity contribution in [1.82, 2.24) is 0 Å². The molecule has 2 saturated heterocycles. The van der Waals surface area contributed by atoms with Gasteiger partial charge in [-0.1, -0.05) is 113 Å². The molecule has 0 amide bonds. The van der Waals surface area contributed by atoms with Crippen LogP contribution in [0.1, 0.15) is 125 Å². The summed E-state index contributed by atoms with van der Waals surface area (Å²) in [6.07, 6.45) is 9.03. The zero-order valence-corrected chi connectivity index (χ0v) is 39.8. The van der Waals surface area contributed by atoms with Crippen LogP contribution in [0.2, 0.25) is 0 Å². The molecule has 0 spiro atoms. The molecule has 0 bridgehead atoms. The predicted octanol–water partition coefficient (Wildman–Crippen LogP) is 15.6. The molecule has 0 N–H and O–H groups in total. The first-order valence-corrected chi connectivity index (χ1v) is 22.0. The molecule has 2 aliphatic heterocycles. The van der Waals surface area contributed by atoms with Crippen LogP contribution in [0.3, 0.4) is 0 Å². The highest BCUT2D eigenvalue weighted by Gasteiger charge is 2.15. The first-order valence-electron chi connectivity index (χ1n) is 22.0. The predicted molar refractivity (Wildman–Crippen MR) is 245 cm³/mol. The van der Waals surface area contributed by atoms with Crippen LogP contribution in [-0.2, 0) is 14.2 Å². The molecule has 0 radical (unpaired) electrons. The highest BCUT2D eigenvalue weighted by Crippen LogP contribution is 2.27. The summed E-state index contributed by atoms with van der Waals surface area (Å²) in [7, 11) is 0. The van der Waals surface area contributed by atoms with Crippen molar-refractivity contribution in [3.05, 3.63) is 140 Å². The van der Waals surface area contributed by atoms with Crippen molar-refractivity contribution in [1.29, 1.82) is 0 Å². The monoisotopic (exact) mass is 857 g/mol. The maximum Gasteiger partial charge on any atom is 0.161 e. The Hall–Kier alpha value is -3.59. The molecule has 1 saturated carbocycles. The van der Waals surface area contributed by atoms with Gasteiger partial charge in [-0.3, -0.25) is 0 Å². The van der Waals surface area contributed by atoms with Gasteiger partial charge in [-0.15, -0.1) is 0 Å². The molecule has 4 aromatic carbocycles. The topological polar surface area (TPSA) is 27.7 Å². The Morgan fingerprint density at radius 2 is 0.738 bits per heavy atom. The van der Waals surface area contributed by atoms with Gasteiger partial charge in [-0.25, -0.2) is 22.0 Å². The number of rotatable bonds is 0. The van der Waals surface area contributed by atoms with Gasteiger partial charge in [-0.05, 0) is 146 Å². The molecule has 4 aromatic rings. The Kier molecular flexibility index (Phi) is 27.0. The molecule has 3 fully saturated rings. The SMILES string of the molecule is CC1CCC(C)CC1.CC1CCC(C)OC1.CC1COC(C)OC1.Cc1cc(F)c(C)c(F)c1.Cc1ccc(C)c(F)c1.Cc1ccc(C)c(F)c1F.Cc1ccc(C)cc1. The van der Waals surface area contributed by atoms with Crippen LogP contribution in [0.15, 0.2) is 66.7 Å². The molecule has 3 aliphatic rings. The summed E-state index contributed by atoms with van der Waals surface area (Å²) < 4.78 is 78.7. The normalized spacial score (nSPS) is 21.6. The van der Waals surface area contributed by atoms with Crippen LogP contribution >= 0.6 is 0 Å². The van der Waals surface area contributed by atoms with Crippen molar-refractivity contribution in [2.45, 2.75) is 148 Å². The molecular weight excluding hydrogens is 780 g/mol.